The van der Waals surface area contributed by atoms with Gasteiger partial charge in [-0.3, -0.25) is 9.59 Å². The summed E-state index contributed by atoms with van der Waals surface area (Å²) in [5.74, 6) is -4.42. The van der Waals surface area contributed by atoms with Gasteiger partial charge in [0.05, 0.1) is 6.10 Å². The summed E-state index contributed by atoms with van der Waals surface area (Å²) in [5.41, 5.74) is 0. The average Bonchev–Trinajstić information content (AvgIpc) is 2.53. The molecule has 2 N–H and O–H groups in total. The molecule has 1 saturated heterocycles. The van der Waals surface area contributed by atoms with Crippen LogP contribution in [-0.2, 0) is 14.3 Å². The fraction of sp³-hybridized carbons (Fsp3) is 0.778. The SMILES string of the molecule is CC(C1CCCO1)C(C(=O)O)C(=O)O. The highest BCUT2D eigenvalue weighted by Crippen LogP contribution is 2.26. The Morgan fingerprint density at radius 1 is 1.36 bits per heavy atom. The number of carboxylic acids is 2. The van der Waals surface area contributed by atoms with Gasteiger partial charge in [-0.1, -0.05) is 6.92 Å². The summed E-state index contributed by atoms with van der Waals surface area (Å²) >= 11 is 0. The minimum atomic E-state index is -1.36. The lowest BCUT2D eigenvalue weighted by Gasteiger charge is -2.21. The second kappa shape index (κ2) is 4.41. The number of aliphatic carboxylic acids is 2. The van der Waals surface area contributed by atoms with E-state index in [4.69, 9.17) is 14.9 Å². The number of ether oxygens (including phenoxy) is 1. The Kier molecular flexibility index (Phi) is 3.46. The standard InChI is InChI=1S/C9H14O5/c1-5(6-3-2-4-14-6)7(8(10)11)9(12)13/h5-7H,2-4H2,1H3,(H,10,11)(H,12,13). The quantitative estimate of drug-likeness (QED) is 0.652. The molecule has 0 saturated carbocycles. The molecule has 0 aromatic rings. The highest BCUT2D eigenvalue weighted by atomic mass is 16.5. The van der Waals surface area contributed by atoms with Gasteiger partial charge in [0.1, 0.15) is 0 Å². The van der Waals surface area contributed by atoms with E-state index in [1.807, 2.05) is 0 Å². The van der Waals surface area contributed by atoms with Crippen LogP contribution in [0.3, 0.4) is 0 Å². The molecular formula is C9H14O5. The van der Waals surface area contributed by atoms with Gasteiger partial charge in [0.15, 0.2) is 5.92 Å². The van der Waals surface area contributed by atoms with Crippen LogP contribution >= 0.6 is 0 Å². The topological polar surface area (TPSA) is 83.8 Å². The predicted octanol–water partition coefficient (Wildman–Crippen LogP) is 0.587. The van der Waals surface area contributed by atoms with Crippen LogP contribution in [0.4, 0.5) is 0 Å². The Hall–Kier alpha value is -1.10. The van der Waals surface area contributed by atoms with Crippen molar-refractivity contribution >= 4 is 11.9 Å². The first-order chi connectivity index (χ1) is 6.54. The van der Waals surface area contributed by atoms with E-state index < -0.39 is 23.8 Å². The molecule has 2 unspecified atom stereocenters. The van der Waals surface area contributed by atoms with Crippen molar-refractivity contribution in [3.63, 3.8) is 0 Å². The molecule has 0 bridgehead atoms. The molecule has 14 heavy (non-hydrogen) atoms. The molecule has 0 aliphatic carbocycles. The minimum absolute atomic E-state index is 0.229. The maximum absolute atomic E-state index is 10.7. The third-order valence-corrected chi connectivity index (χ3v) is 2.61. The van der Waals surface area contributed by atoms with Gasteiger partial charge < -0.3 is 14.9 Å². The Balaban J connectivity index is 2.67. The van der Waals surface area contributed by atoms with Crippen LogP contribution in [0.1, 0.15) is 19.8 Å². The van der Waals surface area contributed by atoms with Crippen LogP contribution in [-0.4, -0.2) is 34.9 Å². The molecule has 1 fully saturated rings. The van der Waals surface area contributed by atoms with E-state index in [1.54, 1.807) is 6.92 Å². The molecule has 2 atom stereocenters. The molecule has 0 spiro atoms. The van der Waals surface area contributed by atoms with E-state index in [0.29, 0.717) is 6.61 Å². The minimum Gasteiger partial charge on any atom is -0.481 e. The highest BCUT2D eigenvalue weighted by molar-refractivity contribution is 5.93. The van der Waals surface area contributed by atoms with Gasteiger partial charge in [0.2, 0.25) is 0 Å². The lowest BCUT2D eigenvalue weighted by atomic mass is 9.88. The van der Waals surface area contributed by atoms with E-state index >= 15 is 0 Å². The molecule has 0 aromatic heterocycles. The van der Waals surface area contributed by atoms with E-state index in [-0.39, 0.29) is 6.10 Å². The summed E-state index contributed by atoms with van der Waals surface area (Å²) in [6.45, 7) is 2.21. The zero-order valence-corrected chi connectivity index (χ0v) is 7.97. The Labute approximate surface area is 81.7 Å². The summed E-state index contributed by atoms with van der Waals surface area (Å²) in [6.07, 6.45) is 1.39. The van der Waals surface area contributed by atoms with E-state index in [1.165, 1.54) is 0 Å². The van der Waals surface area contributed by atoms with Crippen LogP contribution in [0.2, 0.25) is 0 Å². The summed E-state index contributed by atoms with van der Waals surface area (Å²) in [7, 11) is 0. The molecule has 0 amide bonds. The Bertz CT molecular complexity index is 217. The number of carbonyl (C=O) groups is 2. The molecule has 1 heterocycles. The second-order valence-electron chi connectivity index (χ2n) is 3.56. The van der Waals surface area contributed by atoms with Crippen molar-refractivity contribution in [3.05, 3.63) is 0 Å². The van der Waals surface area contributed by atoms with E-state index in [9.17, 15) is 9.59 Å². The Morgan fingerprint density at radius 2 is 1.93 bits per heavy atom. The summed E-state index contributed by atoms with van der Waals surface area (Å²) in [5, 5.41) is 17.5. The largest absolute Gasteiger partial charge is 0.481 e. The van der Waals surface area contributed by atoms with Crippen LogP contribution in [0.5, 0.6) is 0 Å². The number of hydrogen-bond acceptors (Lipinski definition) is 3. The number of rotatable bonds is 4. The monoisotopic (exact) mass is 202 g/mol. The van der Waals surface area contributed by atoms with E-state index in [2.05, 4.69) is 0 Å². The van der Waals surface area contributed by atoms with Crippen molar-refractivity contribution in [3.8, 4) is 0 Å². The first kappa shape index (κ1) is 11.0. The van der Waals surface area contributed by atoms with Crippen molar-refractivity contribution in [2.45, 2.75) is 25.9 Å². The third-order valence-electron chi connectivity index (χ3n) is 2.61. The van der Waals surface area contributed by atoms with Crippen LogP contribution in [0.25, 0.3) is 0 Å². The van der Waals surface area contributed by atoms with Gasteiger partial charge in [0.25, 0.3) is 0 Å². The summed E-state index contributed by atoms with van der Waals surface area (Å²) in [4.78, 5) is 21.4. The van der Waals surface area contributed by atoms with Crippen LogP contribution in [0, 0.1) is 11.8 Å². The van der Waals surface area contributed by atoms with Gasteiger partial charge in [-0.05, 0) is 12.8 Å². The molecule has 1 aliphatic heterocycles. The zero-order chi connectivity index (χ0) is 10.7. The normalized spacial score (nSPS) is 23.7. The van der Waals surface area contributed by atoms with Crippen molar-refractivity contribution in [1.82, 2.24) is 0 Å². The average molecular weight is 202 g/mol. The molecule has 0 radical (unpaired) electrons. The Morgan fingerprint density at radius 3 is 2.29 bits per heavy atom. The maximum atomic E-state index is 10.7. The zero-order valence-electron chi connectivity index (χ0n) is 7.97. The van der Waals surface area contributed by atoms with Crippen molar-refractivity contribution < 1.29 is 24.5 Å². The van der Waals surface area contributed by atoms with Crippen molar-refractivity contribution in [2.75, 3.05) is 6.61 Å². The lowest BCUT2D eigenvalue weighted by Crippen LogP contribution is -2.36. The smallest absolute Gasteiger partial charge is 0.318 e. The first-order valence-corrected chi connectivity index (χ1v) is 4.61. The number of carboxylic acid groups (broad SMARTS) is 2. The van der Waals surface area contributed by atoms with Gasteiger partial charge in [-0.25, -0.2) is 0 Å². The molecule has 5 heteroatoms. The van der Waals surface area contributed by atoms with Gasteiger partial charge in [-0.2, -0.15) is 0 Å². The third kappa shape index (κ3) is 2.23. The van der Waals surface area contributed by atoms with Crippen LogP contribution < -0.4 is 0 Å². The first-order valence-electron chi connectivity index (χ1n) is 4.61. The van der Waals surface area contributed by atoms with Gasteiger partial charge in [0, 0.05) is 12.5 Å². The predicted molar refractivity (Wildman–Crippen MR) is 46.9 cm³/mol. The maximum Gasteiger partial charge on any atom is 0.318 e. The number of hydrogen-bond donors (Lipinski definition) is 2. The highest BCUT2D eigenvalue weighted by Gasteiger charge is 2.38. The molecule has 1 rings (SSSR count). The lowest BCUT2D eigenvalue weighted by molar-refractivity contribution is -0.159. The molecule has 1 aliphatic rings. The molecular weight excluding hydrogens is 188 g/mol. The van der Waals surface area contributed by atoms with Gasteiger partial charge in [-0.15, -0.1) is 0 Å². The fourth-order valence-electron chi connectivity index (χ4n) is 1.79. The molecule has 0 aromatic carbocycles. The summed E-state index contributed by atoms with van der Waals surface area (Å²) in [6, 6.07) is 0. The van der Waals surface area contributed by atoms with Crippen molar-refractivity contribution in [1.29, 1.82) is 0 Å². The fourth-order valence-corrected chi connectivity index (χ4v) is 1.79. The second-order valence-corrected chi connectivity index (χ2v) is 3.56. The van der Waals surface area contributed by atoms with E-state index in [0.717, 1.165) is 12.8 Å². The summed E-state index contributed by atoms with van der Waals surface area (Å²) < 4.78 is 5.27. The molecule has 5 nitrogen and oxygen atoms in total. The molecule has 80 valence electrons. The van der Waals surface area contributed by atoms with Crippen LogP contribution in [0.15, 0.2) is 0 Å². The van der Waals surface area contributed by atoms with Gasteiger partial charge >= 0.3 is 11.9 Å². The van der Waals surface area contributed by atoms with Crippen molar-refractivity contribution in [2.24, 2.45) is 11.8 Å².